The maximum Gasteiger partial charge on any atom is 0.261 e. The van der Waals surface area contributed by atoms with Gasteiger partial charge in [0.1, 0.15) is 11.6 Å². The highest BCUT2D eigenvalue weighted by Gasteiger charge is 2.56. The Morgan fingerprint density at radius 2 is 1.95 bits per heavy atom. The number of aliphatic imine (C=N–C) groups is 1. The molecular formula is C32H40F2N6O. The van der Waals surface area contributed by atoms with Gasteiger partial charge in [0.25, 0.3) is 5.56 Å². The maximum atomic E-state index is 15.6. The number of aryl methyl sites for hydroxylation is 2. The van der Waals surface area contributed by atoms with Crippen molar-refractivity contribution in [3.63, 3.8) is 0 Å². The molecule has 9 heteroatoms. The van der Waals surface area contributed by atoms with Gasteiger partial charge in [0.2, 0.25) is 0 Å². The molecule has 2 heterocycles. The number of anilines is 1. The molecule has 0 spiro atoms. The van der Waals surface area contributed by atoms with Crippen LogP contribution in [0.25, 0.3) is 10.9 Å². The highest BCUT2D eigenvalue weighted by Crippen LogP contribution is 2.61. The summed E-state index contributed by atoms with van der Waals surface area (Å²) in [6, 6.07) is 9.57. The number of benzene rings is 2. The molecular weight excluding hydrogens is 522 g/mol. The van der Waals surface area contributed by atoms with Gasteiger partial charge >= 0.3 is 0 Å². The van der Waals surface area contributed by atoms with Crippen molar-refractivity contribution >= 4 is 22.5 Å². The second-order valence-corrected chi connectivity index (χ2v) is 12.9. The summed E-state index contributed by atoms with van der Waals surface area (Å²) in [5.41, 5.74) is 1.67. The normalized spacial score (nSPS) is 27.5. The van der Waals surface area contributed by atoms with Crippen LogP contribution in [0.1, 0.15) is 46.1 Å². The number of hydrogen-bond donors (Lipinski definition) is 2. The van der Waals surface area contributed by atoms with Crippen LogP contribution in [0.2, 0.25) is 0 Å². The highest BCUT2D eigenvalue weighted by molar-refractivity contribution is 5.96. The molecule has 3 aromatic rings. The molecule has 0 amide bonds. The zero-order chi connectivity index (χ0) is 28.9. The zero-order valence-corrected chi connectivity index (χ0v) is 24.3. The molecule has 218 valence electrons. The first-order valence-corrected chi connectivity index (χ1v) is 14.9. The number of halogens is 2. The Bertz CT molecular complexity index is 1520. The number of hydrogen-bond acceptors (Lipinski definition) is 4. The van der Waals surface area contributed by atoms with E-state index in [9.17, 15) is 9.18 Å². The standard InChI is InChI=1S/C32H40F2N6O/c1-19-17-39(12-10-35-19)31(37-27-14-22-13-25(20(27)2)32(22,3)4)38-29-16-28-24(15-26(29)34)30(41)40(18-36-28)11-9-21-5-7-23(33)8-6-21/h5-8,15-16,18-20,22,25,27,35H,9-14,17H2,1-4H3,(H,37,38). The van der Waals surface area contributed by atoms with E-state index in [0.29, 0.717) is 53.7 Å². The molecule has 5 atom stereocenters. The van der Waals surface area contributed by atoms with Gasteiger partial charge in [0.15, 0.2) is 5.96 Å². The minimum Gasteiger partial charge on any atom is -0.340 e. The Morgan fingerprint density at radius 3 is 2.66 bits per heavy atom. The predicted octanol–water partition coefficient (Wildman–Crippen LogP) is 5.05. The van der Waals surface area contributed by atoms with Crippen LogP contribution in [0, 0.1) is 34.8 Å². The molecule has 2 bridgehead atoms. The van der Waals surface area contributed by atoms with Gasteiger partial charge in [-0.15, -0.1) is 0 Å². The van der Waals surface area contributed by atoms with E-state index in [1.165, 1.54) is 35.5 Å². The van der Waals surface area contributed by atoms with Crippen molar-refractivity contribution in [2.75, 3.05) is 25.0 Å². The molecule has 3 saturated carbocycles. The van der Waals surface area contributed by atoms with Crippen LogP contribution < -0.4 is 16.2 Å². The summed E-state index contributed by atoms with van der Waals surface area (Å²) in [5.74, 6) is 1.68. The molecule has 0 radical (unpaired) electrons. The lowest BCUT2D eigenvalue weighted by Crippen LogP contribution is -2.57. The fraction of sp³-hybridized carbons (Fsp3) is 0.531. The average molecular weight is 563 g/mol. The fourth-order valence-corrected chi connectivity index (χ4v) is 7.22. The average Bonchev–Trinajstić information content (AvgIpc) is 2.94. The van der Waals surface area contributed by atoms with E-state index in [-0.39, 0.29) is 28.5 Å². The number of guanidine groups is 1. The van der Waals surface area contributed by atoms with E-state index in [2.05, 4.69) is 48.2 Å². The van der Waals surface area contributed by atoms with Gasteiger partial charge in [-0.2, -0.15) is 0 Å². The first-order valence-electron chi connectivity index (χ1n) is 14.9. The van der Waals surface area contributed by atoms with Crippen LogP contribution in [0.15, 0.2) is 52.5 Å². The van der Waals surface area contributed by atoms with Crippen molar-refractivity contribution in [1.29, 1.82) is 0 Å². The largest absolute Gasteiger partial charge is 0.340 e. The molecule has 5 unspecified atom stereocenters. The van der Waals surface area contributed by atoms with Crippen molar-refractivity contribution in [1.82, 2.24) is 19.8 Å². The SMILES string of the molecule is CC1CN(C(=NC2CC3CC(C2C)C3(C)C)Nc2cc3ncn(CCc4ccc(F)cc4)c(=O)c3cc2F)CCN1. The Labute approximate surface area is 240 Å². The highest BCUT2D eigenvalue weighted by atomic mass is 19.1. The molecule has 41 heavy (non-hydrogen) atoms. The molecule has 2 aromatic carbocycles. The summed E-state index contributed by atoms with van der Waals surface area (Å²) >= 11 is 0. The minimum absolute atomic E-state index is 0.189. The van der Waals surface area contributed by atoms with E-state index in [0.717, 1.165) is 31.6 Å². The van der Waals surface area contributed by atoms with Crippen LogP contribution in [0.3, 0.4) is 0 Å². The third-order valence-electron chi connectivity index (χ3n) is 9.98. The molecule has 1 aromatic heterocycles. The quantitative estimate of drug-likeness (QED) is 0.336. The second kappa shape index (κ2) is 10.8. The van der Waals surface area contributed by atoms with Gasteiger partial charge < -0.3 is 15.5 Å². The molecule has 7 nitrogen and oxygen atoms in total. The van der Waals surface area contributed by atoms with Gasteiger partial charge in [-0.1, -0.05) is 32.9 Å². The molecule has 4 aliphatic rings. The van der Waals surface area contributed by atoms with Crippen LogP contribution >= 0.6 is 0 Å². The smallest absolute Gasteiger partial charge is 0.261 e. The van der Waals surface area contributed by atoms with Gasteiger partial charge in [-0.25, -0.2) is 18.8 Å². The lowest BCUT2D eigenvalue weighted by Gasteiger charge is -2.61. The van der Waals surface area contributed by atoms with Gasteiger partial charge in [-0.05, 0) is 79.2 Å². The third kappa shape index (κ3) is 5.36. The van der Waals surface area contributed by atoms with E-state index in [4.69, 9.17) is 4.99 Å². The summed E-state index contributed by atoms with van der Waals surface area (Å²) in [4.78, 5) is 25.2. The lowest BCUT2D eigenvalue weighted by atomic mass is 9.45. The Morgan fingerprint density at radius 1 is 1.17 bits per heavy atom. The lowest BCUT2D eigenvalue weighted by molar-refractivity contribution is -0.108. The Kier molecular flexibility index (Phi) is 7.34. The van der Waals surface area contributed by atoms with Crippen molar-refractivity contribution in [2.45, 2.75) is 65.6 Å². The van der Waals surface area contributed by atoms with E-state index >= 15 is 4.39 Å². The summed E-state index contributed by atoms with van der Waals surface area (Å²) in [5, 5.41) is 7.03. The van der Waals surface area contributed by atoms with E-state index in [1.54, 1.807) is 18.2 Å². The minimum atomic E-state index is -0.510. The molecule has 7 rings (SSSR count). The number of nitrogens with one attached hydrogen (secondary N) is 2. The molecule has 4 fully saturated rings. The fourth-order valence-electron chi connectivity index (χ4n) is 7.22. The molecule has 2 N–H and O–H groups in total. The first-order chi connectivity index (χ1) is 19.6. The third-order valence-corrected chi connectivity index (χ3v) is 9.98. The van der Waals surface area contributed by atoms with E-state index in [1.807, 2.05) is 0 Å². The topological polar surface area (TPSA) is 74.5 Å². The van der Waals surface area contributed by atoms with Crippen molar-refractivity contribution in [3.8, 4) is 0 Å². The summed E-state index contributed by atoms with van der Waals surface area (Å²) in [6.07, 6.45) is 4.37. The van der Waals surface area contributed by atoms with Crippen LogP contribution in [0.4, 0.5) is 14.5 Å². The molecule has 3 aliphatic carbocycles. The number of aromatic nitrogens is 2. The summed E-state index contributed by atoms with van der Waals surface area (Å²) < 4.78 is 30.3. The summed E-state index contributed by atoms with van der Waals surface area (Å²) in [7, 11) is 0. The van der Waals surface area contributed by atoms with Crippen molar-refractivity contribution in [2.24, 2.45) is 28.2 Å². The van der Waals surface area contributed by atoms with Gasteiger partial charge in [0.05, 0.1) is 29.0 Å². The number of piperazine rings is 1. The second-order valence-electron chi connectivity index (χ2n) is 12.9. The number of nitrogens with zero attached hydrogens (tertiary/aromatic N) is 4. The summed E-state index contributed by atoms with van der Waals surface area (Å²) in [6.45, 7) is 12.0. The van der Waals surface area contributed by atoms with Crippen molar-refractivity contribution in [3.05, 3.63) is 70.3 Å². The van der Waals surface area contributed by atoms with Crippen LogP contribution in [0.5, 0.6) is 0 Å². The Hall–Kier alpha value is -3.33. The van der Waals surface area contributed by atoms with Crippen LogP contribution in [-0.2, 0) is 13.0 Å². The van der Waals surface area contributed by atoms with E-state index < -0.39 is 5.82 Å². The molecule has 1 aliphatic heterocycles. The predicted molar refractivity (Wildman–Crippen MR) is 159 cm³/mol. The van der Waals surface area contributed by atoms with Crippen molar-refractivity contribution < 1.29 is 8.78 Å². The number of rotatable bonds is 5. The number of fused-ring (bicyclic) bond motifs is 3. The Balaban J connectivity index is 1.27. The molecule has 1 saturated heterocycles. The zero-order valence-electron chi connectivity index (χ0n) is 24.3. The maximum absolute atomic E-state index is 15.6. The van der Waals surface area contributed by atoms with Gasteiger partial charge in [-0.3, -0.25) is 9.36 Å². The van der Waals surface area contributed by atoms with Crippen LogP contribution in [-0.4, -0.2) is 52.1 Å². The van der Waals surface area contributed by atoms with Gasteiger partial charge in [0, 0.05) is 32.2 Å². The first kappa shape index (κ1) is 27.8. The monoisotopic (exact) mass is 562 g/mol.